The zero-order valence-corrected chi connectivity index (χ0v) is 13.5. The van der Waals surface area contributed by atoms with E-state index in [0.717, 1.165) is 16.7 Å². The maximum atomic E-state index is 13.2. The summed E-state index contributed by atoms with van der Waals surface area (Å²) >= 11 is 0. The lowest BCUT2D eigenvalue weighted by molar-refractivity contribution is 0.0270. The smallest absolute Gasteiger partial charge is 0.410 e. The second-order valence-corrected chi connectivity index (χ2v) is 6.66. The predicted molar refractivity (Wildman–Crippen MR) is 86.5 cm³/mol. The van der Waals surface area contributed by atoms with Crippen molar-refractivity contribution >= 4 is 22.7 Å². The Labute approximate surface area is 134 Å². The van der Waals surface area contributed by atoms with Crippen LogP contribution in [0.5, 0.6) is 0 Å². The predicted octanol–water partition coefficient (Wildman–Crippen LogP) is 3.73. The standard InChI is InChI=1S/C17H20FN3O2/c1-17(2,3)23-16(22)21-6-4-11(5-7-21)13-10-19-14-8-12(18)9-20-15(13)14/h4,8-10,19H,5-7H2,1-3H3. The van der Waals surface area contributed by atoms with Gasteiger partial charge in [0.05, 0.1) is 17.2 Å². The number of H-pyrrole nitrogens is 1. The van der Waals surface area contributed by atoms with Crippen molar-refractivity contribution in [1.82, 2.24) is 14.9 Å². The van der Waals surface area contributed by atoms with E-state index in [1.807, 2.05) is 33.0 Å². The highest BCUT2D eigenvalue weighted by atomic mass is 19.1. The molecular formula is C17H20FN3O2. The number of hydrogen-bond donors (Lipinski definition) is 1. The molecule has 23 heavy (non-hydrogen) atoms. The number of rotatable bonds is 1. The lowest BCUT2D eigenvalue weighted by Gasteiger charge is -2.29. The molecule has 2 aromatic heterocycles. The molecule has 3 heterocycles. The van der Waals surface area contributed by atoms with Gasteiger partial charge in [0, 0.05) is 30.9 Å². The number of fused-ring (bicyclic) bond motifs is 1. The van der Waals surface area contributed by atoms with Crippen molar-refractivity contribution in [1.29, 1.82) is 0 Å². The molecule has 0 saturated carbocycles. The minimum absolute atomic E-state index is 0.299. The number of nitrogens with zero attached hydrogens (tertiary/aromatic N) is 2. The molecule has 5 nitrogen and oxygen atoms in total. The topological polar surface area (TPSA) is 58.2 Å². The summed E-state index contributed by atoms with van der Waals surface area (Å²) < 4.78 is 18.6. The van der Waals surface area contributed by atoms with Crippen LogP contribution in [0.15, 0.2) is 24.5 Å². The van der Waals surface area contributed by atoms with Crippen LogP contribution >= 0.6 is 0 Å². The Kier molecular flexibility index (Phi) is 3.83. The summed E-state index contributed by atoms with van der Waals surface area (Å²) in [5.41, 5.74) is 3.00. The molecule has 122 valence electrons. The zero-order chi connectivity index (χ0) is 16.6. The van der Waals surface area contributed by atoms with Gasteiger partial charge in [-0.1, -0.05) is 6.08 Å². The van der Waals surface area contributed by atoms with E-state index in [-0.39, 0.29) is 11.9 Å². The summed E-state index contributed by atoms with van der Waals surface area (Å²) in [4.78, 5) is 21.0. The summed E-state index contributed by atoms with van der Waals surface area (Å²) in [5.74, 6) is -0.361. The van der Waals surface area contributed by atoms with Gasteiger partial charge in [0.25, 0.3) is 0 Å². The third-order valence-electron chi connectivity index (χ3n) is 3.69. The van der Waals surface area contributed by atoms with E-state index in [1.54, 1.807) is 4.90 Å². The lowest BCUT2D eigenvalue weighted by atomic mass is 10.0. The Hall–Kier alpha value is -2.37. The van der Waals surface area contributed by atoms with Crippen molar-refractivity contribution in [3.8, 4) is 0 Å². The second kappa shape index (κ2) is 5.68. The van der Waals surface area contributed by atoms with Crippen LogP contribution in [-0.2, 0) is 4.74 Å². The number of ether oxygens (including phenoxy) is 1. The number of hydrogen-bond acceptors (Lipinski definition) is 3. The fourth-order valence-corrected chi connectivity index (χ4v) is 2.63. The Morgan fingerprint density at radius 3 is 2.87 bits per heavy atom. The number of amides is 1. The number of halogens is 1. The van der Waals surface area contributed by atoms with Gasteiger partial charge in [0.2, 0.25) is 0 Å². The van der Waals surface area contributed by atoms with Gasteiger partial charge in [-0.2, -0.15) is 0 Å². The van der Waals surface area contributed by atoms with Gasteiger partial charge >= 0.3 is 6.09 Å². The largest absolute Gasteiger partial charge is 0.444 e. The SMILES string of the molecule is CC(C)(C)OC(=O)N1CC=C(c2c[nH]c3cc(F)cnc23)CC1. The van der Waals surface area contributed by atoms with Crippen LogP contribution in [0.1, 0.15) is 32.8 Å². The number of aromatic nitrogens is 2. The van der Waals surface area contributed by atoms with E-state index >= 15 is 0 Å². The fraction of sp³-hybridized carbons (Fsp3) is 0.412. The molecule has 1 aliphatic heterocycles. The normalized spacial score (nSPS) is 15.7. The molecule has 0 unspecified atom stereocenters. The Morgan fingerprint density at radius 1 is 1.43 bits per heavy atom. The van der Waals surface area contributed by atoms with E-state index in [2.05, 4.69) is 9.97 Å². The number of pyridine rings is 1. The van der Waals surface area contributed by atoms with Crippen LogP contribution in [0.3, 0.4) is 0 Å². The molecule has 0 bridgehead atoms. The quantitative estimate of drug-likeness (QED) is 0.872. The molecule has 2 aromatic rings. The maximum Gasteiger partial charge on any atom is 0.410 e. The summed E-state index contributed by atoms with van der Waals surface area (Å²) in [6.45, 7) is 6.65. The van der Waals surface area contributed by atoms with Gasteiger partial charge in [-0.05, 0) is 32.8 Å². The summed E-state index contributed by atoms with van der Waals surface area (Å²) in [7, 11) is 0. The van der Waals surface area contributed by atoms with E-state index in [0.29, 0.717) is 25.0 Å². The van der Waals surface area contributed by atoms with Crippen molar-refractivity contribution < 1.29 is 13.9 Å². The molecule has 0 spiro atoms. The molecule has 1 aliphatic rings. The second-order valence-electron chi connectivity index (χ2n) is 6.66. The number of nitrogens with one attached hydrogen (secondary N) is 1. The molecule has 0 aliphatic carbocycles. The minimum Gasteiger partial charge on any atom is -0.444 e. The maximum absolute atomic E-state index is 13.2. The van der Waals surface area contributed by atoms with Gasteiger partial charge in [0.1, 0.15) is 11.4 Å². The van der Waals surface area contributed by atoms with E-state index in [9.17, 15) is 9.18 Å². The molecule has 6 heteroatoms. The fourth-order valence-electron chi connectivity index (χ4n) is 2.63. The van der Waals surface area contributed by atoms with E-state index < -0.39 is 5.60 Å². The van der Waals surface area contributed by atoms with E-state index in [1.165, 1.54) is 12.3 Å². The minimum atomic E-state index is -0.494. The first-order chi connectivity index (χ1) is 10.8. The Bertz CT molecular complexity index is 774. The summed E-state index contributed by atoms with van der Waals surface area (Å²) in [6, 6.07) is 1.43. The van der Waals surface area contributed by atoms with Gasteiger partial charge < -0.3 is 14.6 Å². The van der Waals surface area contributed by atoms with Gasteiger partial charge in [-0.15, -0.1) is 0 Å². The van der Waals surface area contributed by atoms with Gasteiger partial charge in [-0.25, -0.2) is 9.18 Å². The molecule has 1 amide bonds. The highest BCUT2D eigenvalue weighted by Gasteiger charge is 2.24. The van der Waals surface area contributed by atoms with Crippen molar-refractivity contribution in [2.24, 2.45) is 0 Å². The first-order valence-corrected chi connectivity index (χ1v) is 7.63. The van der Waals surface area contributed by atoms with E-state index in [4.69, 9.17) is 4.74 Å². The number of carbonyl (C=O) groups excluding carboxylic acids is 1. The van der Waals surface area contributed by atoms with Crippen LogP contribution in [0, 0.1) is 5.82 Å². The number of aromatic amines is 1. The first kappa shape index (κ1) is 15.5. The van der Waals surface area contributed by atoms with Crippen LogP contribution in [-0.4, -0.2) is 39.7 Å². The molecule has 0 atom stereocenters. The molecule has 0 fully saturated rings. The third kappa shape index (κ3) is 3.36. The van der Waals surface area contributed by atoms with Crippen LogP contribution in [0.2, 0.25) is 0 Å². The van der Waals surface area contributed by atoms with Crippen LogP contribution in [0.4, 0.5) is 9.18 Å². The average Bonchev–Trinajstić information content (AvgIpc) is 2.88. The summed E-state index contributed by atoms with van der Waals surface area (Å²) in [6.07, 6.45) is 5.47. The Morgan fingerprint density at radius 2 is 2.22 bits per heavy atom. The monoisotopic (exact) mass is 317 g/mol. The molecule has 0 saturated heterocycles. The number of carbonyl (C=O) groups is 1. The van der Waals surface area contributed by atoms with Gasteiger partial charge in [-0.3, -0.25) is 4.98 Å². The van der Waals surface area contributed by atoms with Crippen molar-refractivity contribution in [3.63, 3.8) is 0 Å². The third-order valence-corrected chi connectivity index (χ3v) is 3.69. The van der Waals surface area contributed by atoms with Crippen LogP contribution < -0.4 is 0 Å². The molecule has 1 N–H and O–H groups in total. The molecule has 0 radical (unpaired) electrons. The molecule has 3 rings (SSSR count). The van der Waals surface area contributed by atoms with Gasteiger partial charge in [0.15, 0.2) is 0 Å². The first-order valence-electron chi connectivity index (χ1n) is 7.63. The highest BCUT2D eigenvalue weighted by Crippen LogP contribution is 2.28. The molecule has 0 aromatic carbocycles. The average molecular weight is 317 g/mol. The highest BCUT2D eigenvalue weighted by molar-refractivity contribution is 5.90. The summed E-state index contributed by atoms with van der Waals surface area (Å²) in [5, 5.41) is 0. The molecular weight excluding hydrogens is 297 g/mol. The van der Waals surface area contributed by atoms with Crippen LogP contribution in [0.25, 0.3) is 16.6 Å². The van der Waals surface area contributed by atoms with Crippen molar-refractivity contribution in [2.75, 3.05) is 13.1 Å². The van der Waals surface area contributed by atoms with Crippen molar-refractivity contribution in [3.05, 3.63) is 35.9 Å². The zero-order valence-electron chi connectivity index (χ0n) is 13.5. The van der Waals surface area contributed by atoms with Crippen molar-refractivity contribution in [2.45, 2.75) is 32.8 Å². The Balaban J connectivity index is 1.77. The lowest BCUT2D eigenvalue weighted by Crippen LogP contribution is -2.39.